The zero-order valence-electron chi connectivity index (χ0n) is 11.6. The van der Waals surface area contributed by atoms with Gasteiger partial charge in [0.25, 0.3) is 0 Å². The molecule has 0 fully saturated rings. The molecular formula is C10H23NO5S2. The van der Waals surface area contributed by atoms with Gasteiger partial charge in [0.05, 0.1) is 24.2 Å². The number of nitrogens with zero attached hydrogens (tertiary/aromatic N) is 1. The molecule has 0 aromatic carbocycles. The predicted octanol–water partition coefficient (Wildman–Crippen LogP) is 0.106. The maximum atomic E-state index is 11.3. The third-order valence-corrected chi connectivity index (χ3v) is 4.56. The van der Waals surface area contributed by atoms with Crippen LogP contribution in [-0.2, 0) is 24.6 Å². The smallest absolute Gasteiger partial charge is 0.211 e. The van der Waals surface area contributed by atoms with Crippen LogP contribution in [0.2, 0.25) is 0 Å². The van der Waals surface area contributed by atoms with Gasteiger partial charge in [-0.2, -0.15) is 0 Å². The molecule has 0 aromatic heterocycles. The van der Waals surface area contributed by atoms with E-state index < -0.39 is 26.0 Å². The van der Waals surface area contributed by atoms with E-state index in [2.05, 4.69) is 0 Å². The van der Waals surface area contributed by atoms with E-state index >= 15 is 0 Å². The number of sulfonamides is 1. The highest BCUT2D eigenvalue weighted by molar-refractivity contribution is 7.90. The van der Waals surface area contributed by atoms with E-state index in [1.807, 2.05) is 13.8 Å². The molecule has 0 unspecified atom stereocenters. The minimum absolute atomic E-state index is 0.0119. The number of hydrogen-bond acceptors (Lipinski definition) is 5. The number of ether oxygens (including phenoxy) is 1. The van der Waals surface area contributed by atoms with Crippen LogP contribution in [0, 0.1) is 0 Å². The van der Waals surface area contributed by atoms with Gasteiger partial charge in [0.15, 0.2) is 0 Å². The van der Waals surface area contributed by atoms with Crippen LogP contribution in [-0.4, -0.2) is 65.2 Å². The summed E-state index contributed by atoms with van der Waals surface area (Å²) in [4.78, 5) is 0. The first-order valence-corrected chi connectivity index (χ1v) is 9.57. The lowest BCUT2D eigenvalue weighted by atomic mass is 10.2. The average Bonchev–Trinajstić information content (AvgIpc) is 2.10. The Morgan fingerprint density at radius 3 is 1.94 bits per heavy atom. The van der Waals surface area contributed by atoms with E-state index in [-0.39, 0.29) is 24.8 Å². The molecule has 0 saturated heterocycles. The SMILES string of the molecule is CC(C)O[C@H](CCS(C)(=O)=O)CN(C)S(C)(=O)=O. The molecule has 0 saturated carbocycles. The summed E-state index contributed by atoms with van der Waals surface area (Å²) in [5.41, 5.74) is 0. The molecule has 8 heteroatoms. The summed E-state index contributed by atoms with van der Waals surface area (Å²) < 4.78 is 51.6. The molecule has 0 N–H and O–H groups in total. The molecule has 0 aliphatic carbocycles. The van der Waals surface area contributed by atoms with Gasteiger partial charge in [-0.3, -0.25) is 0 Å². The normalized spacial score (nSPS) is 15.3. The molecule has 0 aromatic rings. The summed E-state index contributed by atoms with van der Waals surface area (Å²) in [6.45, 7) is 3.81. The van der Waals surface area contributed by atoms with E-state index in [1.165, 1.54) is 11.4 Å². The maximum Gasteiger partial charge on any atom is 0.211 e. The van der Waals surface area contributed by atoms with Crippen molar-refractivity contribution in [2.24, 2.45) is 0 Å². The van der Waals surface area contributed by atoms with Crippen molar-refractivity contribution in [3.8, 4) is 0 Å². The highest BCUT2D eigenvalue weighted by Crippen LogP contribution is 2.08. The molecule has 0 radical (unpaired) electrons. The Hall–Kier alpha value is -0.180. The van der Waals surface area contributed by atoms with Crippen molar-refractivity contribution < 1.29 is 21.6 Å². The zero-order chi connectivity index (χ0) is 14.6. The zero-order valence-corrected chi connectivity index (χ0v) is 13.2. The molecule has 0 amide bonds. The second-order valence-corrected chi connectivity index (χ2v) is 9.12. The van der Waals surface area contributed by atoms with Gasteiger partial charge in [0.2, 0.25) is 10.0 Å². The van der Waals surface area contributed by atoms with Gasteiger partial charge in [-0.1, -0.05) is 0 Å². The molecule has 1 atom stereocenters. The Bertz CT molecular complexity index is 441. The minimum atomic E-state index is -3.28. The minimum Gasteiger partial charge on any atom is -0.374 e. The van der Waals surface area contributed by atoms with Crippen molar-refractivity contribution >= 4 is 19.9 Å². The van der Waals surface area contributed by atoms with Crippen molar-refractivity contribution in [2.45, 2.75) is 32.5 Å². The standard InChI is InChI=1S/C10H23NO5S2/c1-9(2)16-10(6-7-17(4,12)13)8-11(3)18(5,14)15/h9-10H,6-8H2,1-5H3/t10-/m1/s1. The first-order chi connectivity index (χ1) is 7.92. The Balaban J connectivity index is 4.59. The predicted molar refractivity (Wildman–Crippen MR) is 71.8 cm³/mol. The summed E-state index contributed by atoms with van der Waals surface area (Å²) in [7, 11) is -4.91. The van der Waals surface area contributed by atoms with E-state index in [4.69, 9.17) is 4.74 Å². The molecule has 0 aliphatic heterocycles. The molecule has 0 heterocycles. The second kappa shape index (κ2) is 6.83. The molecule has 110 valence electrons. The summed E-state index contributed by atoms with van der Waals surface area (Å²) in [5.74, 6) is -0.0119. The van der Waals surface area contributed by atoms with Crippen LogP contribution in [0.3, 0.4) is 0 Å². The van der Waals surface area contributed by atoms with E-state index in [9.17, 15) is 16.8 Å². The number of sulfone groups is 1. The van der Waals surface area contributed by atoms with Crippen molar-refractivity contribution in [3.05, 3.63) is 0 Å². The molecule has 0 bridgehead atoms. The van der Waals surface area contributed by atoms with Crippen LogP contribution in [0.4, 0.5) is 0 Å². The lowest BCUT2D eigenvalue weighted by molar-refractivity contribution is -0.000397. The van der Waals surface area contributed by atoms with Crippen molar-refractivity contribution in [1.82, 2.24) is 4.31 Å². The Labute approximate surface area is 110 Å². The summed E-state index contributed by atoms with van der Waals surface area (Å²) in [6, 6.07) is 0. The first kappa shape index (κ1) is 17.8. The van der Waals surface area contributed by atoms with Crippen LogP contribution < -0.4 is 0 Å². The van der Waals surface area contributed by atoms with E-state index in [0.29, 0.717) is 0 Å². The van der Waals surface area contributed by atoms with Gasteiger partial charge >= 0.3 is 0 Å². The van der Waals surface area contributed by atoms with Gasteiger partial charge in [-0.05, 0) is 20.3 Å². The topological polar surface area (TPSA) is 80.8 Å². The highest BCUT2D eigenvalue weighted by Gasteiger charge is 2.20. The number of rotatable bonds is 8. The van der Waals surface area contributed by atoms with Gasteiger partial charge in [-0.15, -0.1) is 0 Å². The van der Waals surface area contributed by atoms with Crippen LogP contribution in [0.5, 0.6) is 0 Å². The van der Waals surface area contributed by atoms with Crippen molar-refractivity contribution in [3.63, 3.8) is 0 Å². The fourth-order valence-corrected chi connectivity index (χ4v) is 2.48. The van der Waals surface area contributed by atoms with E-state index in [1.54, 1.807) is 0 Å². The van der Waals surface area contributed by atoms with Crippen LogP contribution >= 0.6 is 0 Å². The highest BCUT2D eigenvalue weighted by atomic mass is 32.2. The number of hydrogen-bond donors (Lipinski definition) is 0. The Morgan fingerprint density at radius 1 is 1.11 bits per heavy atom. The molecule has 6 nitrogen and oxygen atoms in total. The van der Waals surface area contributed by atoms with Gasteiger partial charge < -0.3 is 4.74 Å². The van der Waals surface area contributed by atoms with Crippen molar-refractivity contribution in [2.75, 3.05) is 31.9 Å². The quantitative estimate of drug-likeness (QED) is 0.635. The summed E-state index contributed by atoms with van der Waals surface area (Å²) in [5, 5.41) is 0. The fourth-order valence-electron chi connectivity index (χ4n) is 1.35. The first-order valence-electron chi connectivity index (χ1n) is 5.66. The lowest BCUT2D eigenvalue weighted by Gasteiger charge is -2.24. The lowest BCUT2D eigenvalue weighted by Crippen LogP contribution is -2.37. The summed E-state index contributed by atoms with van der Waals surface area (Å²) in [6.07, 6.45) is 2.05. The largest absolute Gasteiger partial charge is 0.374 e. The maximum absolute atomic E-state index is 11.3. The van der Waals surface area contributed by atoms with E-state index in [0.717, 1.165) is 12.5 Å². The molecule has 0 rings (SSSR count). The Kier molecular flexibility index (Phi) is 6.77. The van der Waals surface area contributed by atoms with Gasteiger partial charge in [0, 0.05) is 19.8 Å². The van der Waals surface area contributed by atoms with Crippen LogP contribution in [0.15, 0.2) is 0 Å². The monoisotopic (exact) mass is 301 g/mol. The van der Waals surface area contributed by atoms with Crippen LogP contribution in [0.25, 0.3) is 0 Å². The third-order valence-electron chi connectivity index (χ3n) is 2.30. The third kappa shape index (κ3) is 8.84. The fraction of sp³-hybridized carbons (Fsp3) is 1.00. The second-order valence-electron chi connectivity index (χ2n) is 4.77. The molecular weight excluding hydrogens is 278 g/mol. The Morgan fingerprint density at radius 2 is 1.61 bits per heavy atom. The molecule has 0 spiro atoms. The number of likely N-dealkylation sites (N-methyl/N-ethyl adjacent to an activating group) is 1. The van der Waals surface area contributed by atoms with Gasteiger partial charge in [-0.25, -0.2) is 21.1 Å². The van der Waals surface area contributed by atoms with Crippen molar-refractivity contribution in [1.29, 1.82) is 0 Å². The average molecular weight is 301 g/mol. The van der Waals surface area contributed by atoms with Gasteiger partial charge in [0.1, 0.15) is 9.84 Å². The summed E-state index contributed by atoms with van der Waals surface area (Å²) >= 11 is 0. The van der Waals surface area contributed by atoms with Crippen LogP contribution in [0.1, 0.15) is 20.3 Å². The molecule has 0 aliphatic rings. The molecule has 18 heavy (non-hydrogen) atoms.